The number of rotatable bonds is 10. The zero-order chi connectivity index (χ0) is 21.3. The lowest BCUT2D eigenvalue weighted by molar-refractivity contribution is -0.153. The second-order valence-corrected chi connectivity index (χ2v) is 6.06. The minimum absolute atomic E-state index is 0.00607. The molecule has 0 aliphatic carbocycles. The molecule has 0 unspecified atom stereocenters. The number of hydrogen-bond donors (Lipinski definition) is 2. The monoisotopic (exact) mass is 414 g/mol. The maximum atomic E-state index is 12.4. The van der Waals surface area contributed by atoms with E-state index in [9.17, 15) is 18.0 Å². The highest BCUT2D eigenvalue weighted by atomic mass is 19.4. The number of amides is 1. The molecule has 1 amide bonds. The average molecular weight is 414 g/mol. The van der Waals surface area contributed by atoms with E-state index < -0.39 is 24.6 Å². The summed E-state index contributed by atoms with van der Waals surface area (Å²) >= 11 is 0. The molecule has 9 nitrogen and oxygen atoms in total. The molecule has 0 radical (unpaired) electrons. The van der Waals surface area contributed by atoms with Gasteiger partial charge in [-0.05, 0) is 26.3 Å². The van der Waals surface area contributed by atoms with Crippen molar-refractivity contribution in [3.63, 3.8) is 0 Å². The van der Waals surface area contributed by atoms with Crippen LogP contribution in [-0.2, 0) is 4.74 Å². The average Bonchev–Trinajstić information content (AvgIpc) is 2.66. The minimum Gasteiger partial charge on any atom is -0.466 e. The molecule has 12 heteroatoms. The summed E-state index contributed by atoms with van der Waals surface area (Å²) in [5.41, 5.74) is -0.104. The maximum Gasteiger partial charge on any atom is 0.422 e. The van der Waals surface area contributed by atoms with Crippen LogP contribution in [0.2, 0.25) is 0 Å². The smallest absolute Gasteiger partial charge is 0.422 e. The van der Waals surface area contributed by atoms with Crippen LogP contribution in [-0.4, -0.2) is 57.9 Å². The molecule has 0 spiro atoms. The van der Waals surface area contributed by atoms with Crippen LogP contribution < -0.4 is 15.4 Å². The molecule has 0 aliphatic rings. The fourth-order valence-corrected chi connectivity index (χ4v) is 2.02. The van der Waals surface area contributed by atoms with Crippen molar-refractivity contribution in [1.29, 1.82) is 0 Å². The van der Waals surface area contributed by atoms with Gasteiger partial charge in [0.05, 0.1) is 12.3 Å². The lowest BCUT2D eigenvalue weighted by Crippen LogP contribution is -2.21. The van der Waals surface area contributed by atoms with Gasteiger partial charge < -0.3 is 20.1 Å². The van der Waals surface area contributed by atoms with Crippen LogP contribution >= 0.6 is 0 Å². The van der Waals surface area contributed by atoms with Crippen molar-refractivity contribution in [2.75, 3.05) is 30.4 Å². The highest BCUT2D eigenvalue weighted by Crippen LogP contribution is 2.23. The maximum absolute atomic E-state index is 12.4. The van der Waals surface area contributed by atoms with Crippen molar-refractivity contribution < 1.29 is 27.4 Å². The fraction of sp³-hybridized carbons (Fsp3) is 0.471. The molecule has 0 fully saturated rings. The van der Waals surface area contributed by atoms with E-state index in [0.29, 0.717) is 13.2 Å². The van der Waals surface area contributed by atoms with Gasteiger partial charge in [0.1, 0.15) is 17.7 Å². The predicted molar refractivity (Wildman–Crippen MR) is 97.8 cm³/mol. The first-order chi connectivity index (χ1) is 13.7. The largest absolute Gasteiger partial charge is 0.466 e. The number of anilines is 2. The second kappa shape index (κ2) is 10.5. The second-order valence-electron chi connectivity index (χ2n) is 6.06. The van der Waals surface area contributed by atoms with E-state index in [0.717, 1.165) is 18.9 Å². The molecule has 0 aromatic carbocycles. The molecule has 0 bridgehead atoms. The molecule has 0 aliphatic heterocycles. The highest BCUT2D eigenvalue weighted by Gasteiger charge is 2.29. The quantitative estimate of drug-likeness (QED) is 0.571. The molecule has 2 aromatic rings. The van der Waals surface area contributed by atoms with Crippen LogP contribution in [0.25, 0.3) is 0 Å². The van der Waals surface area contributed by atoms with Crippen molar-refractivity contribution in [1.82, 2.24) is 19.9 Å². The number of hydrogen-bond acceptors (Lipinski definition) is 8. The zero-order valence-corrected chi connectivity index (χ0v) is 15.9. The van der Waals surface area contributed by atoms with Crippen molar-refractivity contribution in [2.24, 2.45) is 0 Å². The molecule has 0 saturated heterocycles. The summed E-state index contributed by atoms with van der Waals surface area (Å²) < 4.78 is 47.1. The van der Waals surface area contributed by atoms with Crippen LogP contribution in [0.4, 0.5) is 24.8 Å². The Bertz CT molecular complexity index is 804. The SMILES string of the molecule is CC(C)OCCCNc1nccc(C(=O)Nc2cncnc2OCC(F)(F)F)n1. The van der Waals surface area contributed by atoms with Gasteiger partial charge in [-0.3, -0.25) is 4.79 Å². The number of nitrogens with zero attached hydrogens (tertiary/aromatic N) is 4. The number of carbonyl (C=O) groups excluding carboxylic acids is 1. The van der Waals surface area contributed by atoms with Gasteiger partial charge in [0.25, 0.3) is 5.91 Å². The molecule has 0 atom stereocenters. The van der Waals surface area contributed by atoms with E-state index in [4.69, 9.17) is 4.74 Å². The molecule has 2 rings (SSSR count). The Morgan fingerprint density at radius 1 is 1.28 bits per heavy atom. The molecule has 2 N–H and O–H groups in total. The molecular formula is C17H21F3N6O3. The Kier molecular flexibility index (Phi) is 8.07. The Labute approximate surface area is 165 Å². The van der Waals surface area contributed by atoms with E-state index in [1.165, 1.54) is 12.3 Å². The zero-order valence-electron chi connectivity index (χ0n) is 15.9. The molecule has 2 heterocycles. The first kappa shape index (κ1) is 22.3. The van der Waals surface area contributed by atoms with Gasteiger partial charge in [-0.2, -0.15) is 18.2 Å². The van der Waals surface area contributed by atoms with Crippen molar-refractivity contribution in [2.45, 2.75) is 32.5 Å². The van der Waals surface area contributed by atoms with Gasteiger partial charge >= 0.3 is 6.18 Å². The number of alkyl halides is 3. The molecule has 0 saturated carbocycles. The Hall–Kier alpha value is -3.02. The van der Waals surface area contributed by atoms with E-state index >= 15 is 0 Å². The summed E-state index contributed by atoms with van der Waals surface area (Å²) in [6.07, 6.45) is -0.149. The summed E-state index contributed by atoms with van der Waals surface area (Å²) in [5, 5.41) is 5.35. The third-order valence-corrected chi connectivity index (χ3v) is 3.24. The molecular weight excluding hydrogens is 393 g/mol. The van der Waals surface area contributed by atoms with Gasteiger partial charge in [-0.25, -0.2) is 15.0 Å². The van der Waals surface area contributed by atoms with E-state index in [1.807, 2.05) is 13.8 Å². The topological polar surface area (TPSA) is 111 Å². The van der Waals surface area contributed by atoms with Crippen LogP contribution in [0.5, 0.6) is 5.88 Å². The minimum atomic E-state index is -4.54. The molecule has 158 valence electrons. The lowest BCUT2D eigenvalue weighted by Gasteiger charge is -2.12. The van der Waals surface area contributed by atoms with Crippen molar-refractivity contribution in [3.05, 3.63) is 30.5 Å². The van der Waals surface area contributed by atoms with Gasteiger partial charge in [0.15, 0.2) is 6.61 Å². The van der Waals surface area contributed by atoms with Crippen LogP contribution in [0.15, 0.2) is 24.8 Å². The normalized spacial score (nSPS) is 11.4. The number of ether oxygens (including phenoxy) is 2. The van der Waals surface area contributed by atoms with Gasteiger partial charge in [-0.1, -0.05) is 0 Å². The Morgan fingerprint density at radius 3 is 2.79 bits per heavy atom. The Morgan fingerprint density at radius 2 is 2.07 bits per heavy atom. The first-order valence-corrected chi connectivity index (χ1v) is 8.74. The number of nitrogens with one attached hydrogen (secondary N) is 2. The summed E-state index contributed by atoms with van der Waals surface area (Å²) in [5.74, 6) is -0.839. The van der Waals surface area contributed by atoms with Gasteiger partial charge in [0, 0.05) is 19.3 Å². The first-order valence-electron chi connectivity index (χ1n) is 8.74. The van der Waals surface area contributed by atoms with Crippen molar-refractivity contribution >= 4 is 17.5 Å². The predicted octanol–water partition coefficient (Wildman–Crippen LogP) is 2.69. The number of halogens is 3. The molecule has 29 heavy (non-hydrogen) atoms. The van der Waals surface area contributed by atoms with E-state index in [2.05, 4.69) is 35.3 Å². The van der Waals surface area contributed by atoms with Crippen LogP contribution in [0.3, 0.4) is 0 Å². The van der Waals surface area contributed by atoms with Crippen LogP contribution in [0, 0.1) is 0 Å². The third-order valence-electron chi connectivity index (χ3n) is 3.24. The number of aromatic nitrogens is 4. The fourth-order valence-electron chi connectivity index (χ4n) is 2.02. The van der Waals surface area contributed by atoms with Crippen molar-refractivity contribution in [3.8, 4) is 5.88 Å². The molecule has 2 aromatic heterocycles. The van der Waals surface area contributed by atoms with Crippen LogP contribution in [0.1, 0.15) is 30.8 Å². The van der Waals surface area contributed by atoms with Gasteiger partial charge in [0.2, 0.25) is 11.8 Å². The lowest BCUT2D eigenvalue weighted by atomic mass is 10.3. The van der Waals surface area contributed by atoms with E-state index in [-0.39, 0.29) is 23.4 Å². The standard InChI is InChI=1S/C17H21F3N6O3/c1-11(2)28-7-3-5-22-16-23-6-4-12(26-16)14(27)25-13-8-21-10-24-15(13)29-9-17(18,19)20/h4,6,8,10-11H,3,5,7,9H2,1-2H3,(H,25,27)(H,22,23,26). The van der Waals surface area contributed by atoms with Gasteiger partial charge in [-0.15, -0.1) is 0 Å². The number of carbonyl (C=O) groups is 1. The van der Waals surface area contributed by atoms with E-state index in [1.54, 1.807) is 0 Å². The summed E-state index contributed by atoms with van der Waals surface area (Å²) in [6.45, 7) is 3.44. The highest BCUT2D eigenvalue weighted by molar-refractivity contribution is 6.03. The Balaban J connectivity index is 1.96. The summed E-state index contributed by atoms with van der Waals surface area (Å²) in [7, 11) is 0. The summed E-state index contributed by atoms with van der Waals surface area (Å²) in [4.78, 5) is 27.8. The summed E-state index contributed by atoms with van der Waals surface area (Å²) in [6, 6.07) is 1.36. The third kappa shape index (κ3) is 8.25.